The van der Waals surface area contributed by atoms with E-state index in [1.54, 1.807) is 27.5 Å². The molecule has 0 saturated heterocycles. The summed E-state index contributed by atoms with van der Waals surface area (Å²) in [6, 6.07) is 20.8. The molecule has 0 aliphatic rings. The van der Waals surface area contributed by atoms with Gasteiger partial charge in [0.2, 0.25) is 0 Å². The number of ether oxygens (including phenoxy) is 3. The van der Waals surface area contributed by atoms with Crippen molar-refractivity contribution in [3.63, 3.8) is 0 Å². The highest BCUT2D eigenvalue weighted by Crippen LogP contribution is 2.33. The summed E-state index contributed by atoms with van der Waals surface area (Å²) >= 11 is 0. The summed E-state index contributed by atoms with van der Waals surface area (Å²) in [5, 5.41) is 2.30. The lowest BCUT2D eigenvalue weighted by molar-refractivity contribution is 0.413. The van der Waals surface area contributed by atoms with Crippen molar-refractivity contribution in [2.75, 3.05) is 21.3 Å². The fraction of sp³-hybridized carbons (Fsp3) is 0.160. The van der Waals surface area contributed by atoms with Gasteiger partial charge in [-0.3, -0.25) is 4.98 Å². The smallest absolute Gasteiger partial charge is 0.137 e. The molecule has 1 aromatic heterocycles. The summed E-state index contributed by atoms with van der Waals surface area (Å²) in [6.45, 7) is 0. The van der Waals surface area contributed by atoms with E-state index in [1.165, 1.54) is 11.1 Å². The lowest BCUT2D eigenvalue weighted by atomic mass is 9.92. The van der Waals surface area contributed by atoms with Gasteiger partial charge in [-0.1, -0.05) is 24.3 Å². The van der Waals surface area contributed by atoms with Crippen LogP contribution in [0.3, 0.4) is 0 Å². The van der Waals surface area contributed by atoms with Gasteiger partial charge >= 0.3 is 0 Å². The predicted octanol–water partition coefficient (Wildman–Crippen LogP) is 5.52. The van der Waals surface area contributed by atoms with Crippen molar-refractivity contribution < 1.29 is 14.2 Å². The van der Waals surface area contributed by atoms with Crippen LogP contribution in [-0.4, -0.2) is 26.3 Å². The molecule has 0 aliphatic heterocycles. The fourth-order valence-corrected chi connectivity index (χ4v) is 3.51. The number of nitrogens with zero attached hydrogens (tertiary/aromatic N) is 1. The minimum Gasteiger partial charge on any atom is -0.497 e. The van der Waals surface area contributed by atoms with E-state index < -0.39 is 0 Å². The van der Waals surface area contributed by atoms with Gasteiger partial charge in [-0.05, 0) is 70.3 Å². The first-order valence-electron chi connectivity index (χ1n) is 9.43. The van der Waals surface area contributed by atoms with Crippen LogP contribution >= 0.6 is 0 Å². The molecule has 0 amide bonds. The zero-order valence-electron chi connectivity index (χ0n) is 16.8. The van der Waals surface area contributed by atoms with Crippen LogP contribution in [0.1, 0.15) is 11.1 Å². The zero-order valence-corrected chi connectivity index (χ0v) is 16.8. The maximum absolute atomic E-state index is 5.41. The van der Waals surface area contributed by atoms with Crippen LogP contribution < -0.4 is 14.2 Å². The van der Waals surface area contributed by atoms with Crippen molar-refractivity contribution in [2.45, 2.75) is 6.42 Å². The molecule has 29 heavy (non-hydrogen) atoms. The third kappa shape index (κ3) is 4.02. The van der Waals surface area contributed by atoms with Crippen LogP contribution in [0.4, 0.5) is 0 Å². The average Bonchev–Trinajstić information content (AvgIpc) is 2.78. The molecule has 146 valence electrons. The number of fused-ring (bicyclic) bond motifs is 1. The number of aromatic nitrogens is 1. The second-order valence-electron chi connectivity index (χ2n) is 6.86. The highest BCUT2D eigenvalue weighted by molar-refractivity contribution is 5.90. The molecule has 0 bridgehead atoms. The number of hydrogen-bond acceptors (Lipinski definition) is 4. The van der Waals surface area contributed by atoms with E-state index in [4.69, 9.17) is 14.2 Å². The molecule has 3 aromatic carbocycles. The lowest BCUT2D eigenvalue weighted by Gasteiger charge is -2.14. The number of rotatable bonds is 6. The molecular formula is C25H23NO3. The van der Waals surface area contributed by atoms with E-state index in [0.717, 1.165) is 45.6 Å². The Balaban J connectivity index is 1.85. The van der Waals surface area contributed by atoms with Crippen LogP contribution in [0, 0.1) is 0 Å². The summed E-state index contributed by atoms with van der Waals surface area (Å²) in [5.74, 6) is 2.45. The second-order valence-corrected chi connectivity index (χ2v) is 6.86. The summed E-state index contributed by atoms with van der Waals surface area (Å²) < 4.78 is 16.1. The van der Waals surface area contributed by atoms with Gasteiger partial charge in [0.15, 0.2) is 0 Å². The molecule has 4 heteroatoms. The molecule has 0 fully saturated rings. The summed E-state index contributed by atoms with van der Waals surface area (Å²) in [7, 11) is 5.03. The van der Waals surface area contributed by atoms with Crippen LogP contribution in [0.25, 0.3) is 21.9 Å². The van der Waals surface area contributed by atoms with Crippen molar-refractivity contribution >= 4 is 10.8 Å². The fourth-order valence-electron chi connectivity index (χ4n) is 3.51. The Hall–Kier alpha value is -3.53. The van der Waals surface area contributed by atoms with Gasteiger partial charge in [-0.25, -0.2) is 0 Å². The molecule has 1 heterocycles. The molecule has 4 rings (SSSR count). The highest BCUT2D eigenvalue weighted by atomic mass is 16.5. The largest absolute Gasteiger partial charge is 0.497 e. The summed E-state index contributed by atoms with van der Waals surface area (Å²) in [5.41, 5.74) is 4.60. The Labute approximate surface area is 170 Å². The van der Waals surface area contributed by atoms with Crippen molar-refractivity contribution in [1.82, 2.24) is 4.98 Å². The lowest BCUT2D eigenvalue weighted by Crippen LogP contribution is -1.95. The van der Waals surface area contributed by atoms with Gasteiger partial charge in [0.25, 0.3) is 0 Å². The molecule has 0 spiro atoms. The molecule has 0 aliphatic carbocycles. The second kappa shape index (κ2) is 8.23. The van der Waals surface area contributed by atoms with Gasteiger partial charge < -0.3 is 14.2 Å². The quantitative estimate of drug-likeness (QED) is 0.438. The minimum atomic E-state index is 0.743. The van der Waals surface area contributed by atoms with E-state index in [2.05, 4.69) is 41.4 Å². The Bertz CT molecular complexity index is 1140. The first-order valence-corrected chi connectivity index (χ1v) is 9.43. The van der Waals surface area contributed by atoms with E-state index in [9.17, 15) is 0 Å². The Morgan fingerprint density at radius 2 is 1.38 bits per heavy atom. The standard InChI is InChI=1S/C25H23NO3/c1-27-22-7-4-17(5-8-22)10-20-11-19-12-23(28-2)9-6-18(19)14-25(20)21-13-24(29-3)16-26-15-21/h4-9,11-16H,10H2,1-3H3. The first kappa shape index (κ1) is 18.8. The Morgan fingerprint density at radius 1 is 0.655 bits per heavy atom. The average molecular weight is 385 g/mol. The molecule has 0 unspecified atom stereocenters. The third-order valence-electron chi connectivity index (χ3n) is 5.08. The van der Waals surface area contributed by atoms with Crippen molar-refractivity contribution in [3.8, 4) is 28.4 Å². The number of methoxy groups -OCH3 is 3. The monoisotopic (exact) mass is 385 g/mol. The van der Waals surface area contributed by atoms with Crippen molar-refractivity contribution in [1.29, 1.82) is 0 Å². The molecule has 0 atom stereocenters. The van der Waals surface area contributed by atoms with E-state index in [1.807, 2.05) is 30.5 Å². The van der Waals surface area contributed by atoms with Gasteiger partial charge in [-0.15, -0.1) is 0 Å². The molecule has 0 saturated carbocycles. The van der Waals surface area contributed by atoms with Gasteiger partial charge in [0.1, 0.15) is 17.2 Å². The molecular weight excluding hydrogens is 362 g/mol. The van der Waals surface area contributed by atoms with E-state index in [0.29, 0.717) is 0 Å². The highest BCUT2D eigenvalue weighted by Gasteiger charge is 2.11. The van der Waals surface area contributed by atoms with Gasteiger partial charge in [0.05, 0.1) is 27.5 Å². The van der Waals surface area contributed by atoms with E-state index in [-0.39, 0.29) is 0 Å². The number of pyridine rings is 1. The zero-order chi connectivity index (χ0) is 20.2. The number of benzene rings is 3. The number of hydrogen-bond donors (Lipinski definition) is 0. The Morgan fingerprint density at radius 3 is 2.10 bits per heavy atom. The Kier molecular flexibility index (Phi) is 5.34. The summed E-state index contributed by atoms with van der Waals surface area (Å²) in [6.07, 6.45) is 4.40. The topological polar surface area (TPSA) is 40.6 Å². The molecule has 4 nitrogen and oxygen atoms in total. The van der Waals surface area contributed by atoms with Crippen molar-refractivity contribution in [3.05, 3.63) is 84.2 Å². The van der Waals surface area contributed by atoms with Crippen molar-refractivity contribution in [2.24, 2.45) is 0 Å². The normalized spacial score (nSPS) is 10.7. The summed E-state index contributed by atoms with van der Waals surface area (Å²) in [4.78, 5) is 4.35. The van der Waals surface area contributed by atoms with Crippen LogP contribution in [-0.2, 0) is 6.42 Å². The van der Waals surface area contributed by atoms with Crippen LogP contribution in [0.2, 0.25) is 0 Å². The maximum atomic E-state index is 5.41. The molecule has 4 aromatic rings. The minimum absolute atomic E-state index is 0.743. The van der Waals surface area contributed by atoms with Crippen LogP contribution in [0.5, 0.6) is 17.2 Å². The first-order chi connectivity index (χ1) is 14.2. The molecule has 0 N–H and O–H groups in total. The SMILES string of the molecule is COc1ccc(Cc2cc3cc(OC)ccc3cc2-c2cncc(OC)c2)cc1. The van der Waals surface area contributed by atoms with Crippen LogP contribution in [0.15, 0.2) is 73.1 Å². The molecule has 0 radical (unpaired) electrons. The predicted molar refractivity (Wildman–Crippen MR) is 116 cm³/mol. The third-order valence-corrected chi connectivity index (χ3v) is 5.08. The van der Waals surface area contributed by atoms with Gasteiger partial charge in [0, 0.05) is 11.8 Å². The maximum Gasteiger partial charge on any atom is 0.137 e. The van der Waals surface area contributed by atoms with E-state index >= 15 is 0 Å². The van der Waals surface area contributed by atoms with Gasteiger partial charge in [-0.2, -0.15) is 0 Å².